The predicted molar refractivity (Wildman–Crippen MR) is 59.1 cm³/mol. The molecule has 96 valence electrons. The molecular formula is C10H10N2O6. The molecule has 8 heteroatoms. The predicted octanol–water partition coefficient (Wildman–Crippen LogP) is -0.230. The van der Waals surface area contributed by atoms with E-state index in [2.05, 4.69) is 0 Å². The lowest BCUT2D eigenvalue weighted by Crippen LogP contribution is -2.43. The smallest absolute Gasteiger partial charge is 0.328 e. The highest BCUT2D eigenvalue weighted by atomic mass is 16.6. The quantitative estimate of drug-likeness (QED) is 0.491. The molecule has 18 heavy (non-hydrogen) atoms. The standard InChI is InChI=1S/C10H10N2O6/c13-5-8(10(15)16)11-9(14)6-2-1-3-7(4-6)12(17)18/h1-4,8,13H,5H2,(H,11,14)(H,15,16)/t8-/m0/s1. The summed E-state index contributed by atoms with van der Waals surface area (Å²) in [7, 11) is 0. The first-order chi connectivity index (χ1) is 8.45. The molecule has 0 bridgehead atoms. The van der Waals surface area contributed by atoms with Gasteiger partial charge in [0, 0.05) is 17.7 Å². The van der Waals surface area contributed by atoms with Crippen molar-refractivity contribution in [1.82, 2.24) is 5.32 Å². The van der Waals surface area contributed by atoms with Gasteiger partial charge in [0.05, 0.1) is 11.5 Å². The zero-order valence-electron chi connectivity index (χ0n) is 9.07. The molecule has 0 unspecified atom stereocenters. The molecule has 0 fully saturated rings. The molecule has 1 aromatic carbocycles. The molecule has 0 spiro atoms. The number of non-ortho nitro benzene ring substituents is 1. The van der Waals surface area contributed by atoms with Crippen LogP contribution in [-0.2, 0) is 4.79 Å². The lowest BCUT2D eigenvalue weighted by Gasteiger charge is -2.11. The van der Waals surface area contributed by atoms with Gasteiger partial charge in [-0.3, -0.25) is 14.9 Å². The average molecular weight is 254 g/mol. The highest BCUT2D eigenvalue weighted by molar-refractivity contribution is 5.97. The van der Waals surface area contributed by atoms with Crippen LogP contribution < -0.4 is 5.32 Å². The summed E-state index contributed by atoms with van der Waals surface area (Å²) >= 11 is 0. The Morgan fingerprint density at radius 1 is 1.44 bits per heavy atom. The van der Waals surface area contributed by atoms with E-state index in [1.54, 1.807) is 0 Å². The normalized spacial score (nSPS) is 11.6. The summed E-state index contributed by atoms with van der Waals surface area (Å²) in [4.78, 5) is 32.0. The molecule has 1 amide bonds. The molecule has 0 aliphatic heterocycles. The molecule has 0 saturated heterocycles. The summed E-state index contributed by atoms with van der Waals surface area (Å²) in [6.45, 7) is -0.768. The number of benzene rings is 1. The number of hydrogen-bond donors (Lipinski definition) is 3. The van der Waals surface area contributed by atoms with Gasteiger partial charge in [0.1, 0.15) is 0 Å². The van der Waals surface area contributed by atoms with Crippen LogP contribution in [0, 0.1) is 10.1 Å². The number of carboxylic acids is 1. The maximum atomic E-state index is 11.6. The minimum Gasteiger partial charge on any atom is -0.480 e. The van der Waals surface area contributed by atoms with E-state index < -0.39 is 29.4 Å². The van der Waals surface area contributed by atoms with E-state index in [1.165, 1.54) is 18.2 Å². The van der Waals surface area contributed by atoms with Gasteiger partial charge in [0.15, 0.2) is 6.04 Å². The molecule has 8 nitrogen and oxygen atoms in total. The summed E-state index contributed by atoms with van der Waals surface area (Å²) in [5.74, 6) is -2.20. The fourth-order valence-corrected chi connectivity index (χ4v) is 1.19. The number of nitrogens with zero attached hydrogens (tertiary/aromatic N) is 1. The van der Waals surface area contributed by atoms with Crippen molar-refractivity contribution in [3.8, 4) is 0 Å². The van der Waals surface area contributed by atoms with Gasteiger partial charge in [0.2, 0.25) is 0 Å². The summed E-state index contributed by atoms with van der Waals surface area (Å²) in [5.41, 5.74) is -0.331. The molecule has 1 atom stereocenters. The van der Waals surface area contributed by atoms with E-state index in [-0.39, 0.29) is 11.3 Å². The Kier molecular flexibility index (Phi) is 4.33. The van der Waals surface area contributed by atoms with E-state index in [1.807, 2.05) is 5.32 Å². The Balaban J connectivity index is 2.87. The number of carbonyl (C=O) groups is 2. The largest absolute Gasteiger partial charge is 0.480 e. The van der Waals surface area contributed by atoms with Crippen LogP contribution in [0.1, 0.15) is 10.4 Å². The third kappa shape index (κ3) is 3.25. The second-order valence-corrected chi connectivity index (χ2v) is 3.35. The zero-order chi connectivity index (χ0) is 13.7. The number of hydrogen-bond acceptors (Lipinski definition) is 5. The van der Waals surface area contributed by atoms with Gasteiger partial charge in [-0.2, -0.15) is 0 Å². The maximum Gasteiger partial charge on any atom is 0.328 e. The van der Waals surface area contributed by atoms with Gasteiger partial charge in [-0.1, -0.05) is 6.07 Å². The van der Waals surface area contributed by atoms with Crippen LogP contribution in [0.3, 0.4) is 0 Å². The third-order valence-corrected chi connectivity index (χ3v) is 2.11. The topological polar surface area (TPSA) is 130 Å². The van der Waals surface area contributed by atoms with Gasteiger partial charge in [-0.15, -0.1) is 0 Å². The lowest BCUT2D eigenvalue weighted by molar-refractivity contribution is -0.384. The third-order valence-electron chi connectivity index (χ3n) is 2.11. The van der Waals surface area contributed by atoms with Gasteiger partial charge in [-0.25, -0.2) is 4.79 Å². The monoisotopic (exact) mass is 254 g/mol. The first kappa shape index (κ1) is 13.6. The molecule has 0 radical (unpaired) electrons. The van der Waals surface area contributed by atoms with Crippen molar-refractivity contribution in [2.24, 2.45) is 0 Å². The first-order valence-corrected chi connectivity index (χ1v) is 4.84. The molecule has 3 N–H and O–H groups in total. The number of rotatable bonds is 5. The van der Waals surface area contributed by atoms with E-state index in [0.717, 1.165) is 6.07 Å². The Bertz CT molecular complexity index is 487. The van der Waals surface area contributed by atoms with Crippen LogP contribution in [0.25, 0.3) is 0 Å². The Hall–Kier alpha value is -2.48. The Morgan fingerprint density at radius 2 is 2.11 bits per heavy atom. The summed E-state index contributed by atoms with van der Waals surface area (Å²) in [5, 5.41) is 29.9. The number of carboxylic acid groups (broad SMARTS) is 1. The van der Waals surface area contributed by atoms with Crippen molar-refractivity contribution in [2.45, 2.75) is 6.04 Å². The zero-order valence-corrected chi connectivity index (χ0v) is 9.07. The second-order valence-electron chi connectivity index (χ2n) is 3.35. The molecule has 0 aromatic heterocycles. The van der Waals surface area contributed by atoms with Crippen molar-refractivity contribution < 1.29 is 24.7 Å². The van der Waals surface area contributed by atoms with Crippen molar-refractivity contribution >= 4 is 17.6 Å². The van der Waals surface area contributed by atoms with Crippen LogP contribution >= 0.6 is 0 Å². The highest BCUT2D eigenvalue weighted by Gasteiger charge is 2.20. The van der Waals surface area contributed by atoms with E-state index in [4.69, 9.17) is 10.2 Å². The van der Waals surface area contributed by atoms with Crippen molar-refractivity contribution in [3.63, 3.8) is 0 Å². The summed E-state index contributed by atoms with van der Waals surface area (Å²) < 4.78 is 0. The van der Waals surface area contributed by atoms with Gasteiger partial charge in [-0.05, 0) is 6.07 Å². The minimum atomic E-state index is -1.45. The van der Waals surface area contributed by atoms with E-state index in [9.17, 15) is 19.7 Å². The SMILES string of the molecule is O=C(N[C@@H](CO)C(=O)O)c1cccc([N+](=O)[O-])c1. The molecule has 1 rings (SSSR count). The molecule has 0 saturated carbocycles. The number of carbonyl (C=O) groups excluding carboxylic acids is 1. The van der Waals surface area contributed by atoms with Crippen molar-refractivity contribution in [2.75, 3.05) is 6.61 Å². The average Bonchev–Trinajstić information content (AvgIpc) is 2.35. The first-order valence-electron chi connectivity index (χ1n) is 4.84. The van der Waals surface area contributed by atoms with Gasteiger partial charge >= 0.3 is 5.97 Å². The van der Waals surface area contributed by atoms with Gasteiger partial charge < -0.3 is 15.5 Å². The van der Waals surface area contributed by atoms with Gasteiger partial charge in [0.25, 0.3) is 11.6 Å². The number of amides is 1. The van der Waals surface area contributed by atoms with E-state index >= 15 is 0 Å². The fraction of sp³-hybridized carbons (Fsp3) is 0.200. The van der Waals surface area contributed by atoms with Crippen LogP contribution in [0.5, 0.6) is 0 Å². The van der Waals surface area contributed by atoms with Crippen molar-refractivity contribution in [3.05, 3.63) is 39.9 Å². The number of nitro benzene ring substituents is 1. The number of nitro groups is 1. The number of aliphatic hydroxyl groups excluding tert-OH is 1. The highest BCUT2D eigenvalue weighted by Crippen LogP contribution is 2.12. The summed E-state index contributed by atoms with van der Waals surface area (Å²) in [6.07, 6.45) is 0. The van der Waals surface area contributed by atoms with Crippen LogP contribution in [0.15, 0.2) is 24.3 Å². The molecular weight excluding hydrogens is 244 g/mol. The van der Waals surface area contributed by atoms with Crippen LogP contribution in [0.4, 0.5) is 5.69 Å². The molecule has 0 heterocycles. The Morgan fingerprint density at radius 3 is 2.61 bits per heavy atom. The Labute approximate surface area is 101 Å². The molecule has 0 aliphatic rings. The van der Waals surface area contributed by atoms with E-state index in [0.29, 0.717) is 0 Å². The van der Waals surface area contributed by atoms with Crippen LogP contribution in [-0.4, -0.2) is 39.7 Å². The number of nitrogens with one attached hydrogen (secondary N) is 1. The lowest BCUT2D eigenvalue weighted by atomic mass is 10.1. The van der Waals surface area contributed by atoms with Crippen LogP contribution in [0.2, 0.25) is 0 Å². The minimum absolute atomic E-state index is 0.0519. The fourth-order valence-electron chi connectivity index (χ4n) is 1.19. The summed E-state index contributed by atoms with van der Waals surface area (Å²) in [6, 6.07) is 3.39. The molecule has 0 aliphatic carbocycles. The number of aliphatic carboxylic acids is 1. The van der Waals surface area contributed by atoms with Crippen molar-refractivity contribution in [1.29, 1.82) is 0 Å². The molecule has 1 aromatic rings. The second kappa shape index (κ2) is 5.73. The number of aliphatic hydroxyl groups is 1. The maximum absolute atomic E-state index is 11.6.